The summed E-state index contributed by atoms with van der Waals surface area (Å²) in [5.74, 6) is -0.246. The van der Waals surface area contributed by atoms with E-state index in [0.29, 0.717) is 16.9 Å². The molecule has 0 saturated heterocycles. The number of nitrogens with zero attached hydrogens (tertiary/aromatic N) is 1. The second-order valence-electron chi connectivity index (χ2n) is 8.64. The SMILES string of the molecule is CN(C1CCCCC1)S(=O)(=O)c1ccc(C(=O)Nc2cccc(NC(=O)C3CC3)c2)cc1. The highest BCUT2D eigenvalue weighted by Crippen LogP contribution is 2.30. The Morgan fingerprint density at radius 1 is 0.875 bits per heavy atom. The minimum atomic E-state index is -3.60. The third-order valence-electron chi connectivity index (χ3n) is 6.22. The average Bonchev–Trinajstić information content (AvgIpc) is 3.65. The lowest BCUT2D eigenvalue weighted by Crippen LogP contribution is -2.38. The van der Waals surface area contributed by atoms with Gasteiger partial charge in [-0.2, -0.15) is 4.31 Å². The maximum Gasteiger partial charge on any atom is 0.255 e. The van der Waals surface area contributed by atoms with Crippen LogP contribution >= 0.6 is 0 Å². The first-order chi connectivity index (χ1) is 15.3. The minimum absolute atomic E-state index is 0.00321. The number of nitrogens with one attached hydrogen (secondary N) is 2. The molecule has 0 atom stereocenters. The molecule has 2 amide bonds. The molecule has 0 bridgehead atoms. The van der Waals surface area contributed by atoms with Gasteiger partial charge in [0.1, 0.15) is 0 Å². The molecule has 170 valence electrons. The van der Waals surface area contributed by atoms with Crippen molar-refractivity contribution in [1.82, 2.24) is 4.31 Å². The fourth-order valence-electron chi connectivity index (χ4n) is 4.05. The van der Waals surface area contributed by atoms with Gasteiger partial charge in [-0.3, -0.25) is 9.59 Å². The van der Waals surface area contributed by atoms with Crippen LogP contribution in [-0.2, 0) is 14.8 Å². The van der Waals surface area contributed by atoms with E-state index in [1.54, 1.807) is 31.3 Å². The molecule has 2 N–H and O–H groups in total. The highest BCUT2D eigenvalue weighted by Gasteiger charge is 2.30. The monoisotopic (exact) mass is 455 g/mol. The Morgan fingerprint density at radius 3 is 2.12 bits per heavy atom. The van der Waals surface area contributed by atoms with Crippen LogP contribution in [0.2, 0.25) is 0 Å². The van der Waals surface area contributed by atoms with Gasteiger partial charge in [-0.25, -0.2) is 8.42 Å². The number of sulfonamides is 1. The van der Waals surface area contributed by atoms with E-state index in [0.717, 1.165) is 44.9 Å². The highest BCUT2D eigenvalue weighted by atomic mass is 32.2. The van der Waals surface area contributed by atoms with Crippen molar-refractivity contribution in [3.63, 3.8) is 0 Å². The van der Waals surface area contributed by atoms with Crippen LogP contribution in [0.1, 0.15) is 55.3 Å². The molecule has 4 rings (SSSR count). The lowest BCUT2D eigenvalue weighted by atomic mass is 9.96. The van der Waals surface area contributed by atoms with Gasteiger partial charge in [-0.15, -0.1) is 0 Å². The second-order valence-corrected chi connectivity index (χ2v) is 10.6. The number of anilines is 2. The molecule has 0 heterocycles. The summed E-state index contributed by atoms with van der Waals surface area (Å²) in [5, 5.41) is 5.66. The molecule has 2 aromatic rings. The van der Waals surface area contributed by atoms with Crippen LogP contribution in [0.25, 0.3) is 0 Å². The summed E-state index contributed by atoms with van der Waals surface area (Å²) in [4.78, 5) is 24.8. The van der Waals surface area contributed by atoms with Crippen molar-refractivity contribution in [3.8, 4) is 0 Å². The molecule has 2 aliphatic rings. The number of benzene rings is 2. The molecule has 32 heavy (non-hydrogen) atoms. The van der Waals surface area contributed by atoms with Gasteiger partial charge in [-0.1, -0.05) is 25.3 Å². The highest BCUT2D eigenvalue weighted by molar-refractivity contribution is 7.89. The summed E-state index contributed by atoms with van der Waals surface area (Å²) in [7, 11) is -1.96. The smallest absolute Gasteiger partial charge is 0.255 e. The molecule has 0 aromatic heterocycles. The molecule has 0 radical (unpaired) electrons. The zero-order valence-electron chi connectivity index (χ0n) is 18.2. The Balaban J connectivity index is 1.41. The maximum atomic E-state index is 13.0. The van der Waals surface area contributed by atoms with E-state index in [1.165, 1.54) is 28.6 Å². The van der Waals surface area contributed by atoms with Gasteiger partial charge >= 0.3 is 0 Å². The number of carbonyl (C=O) groups excluding carboxylic acids is 2. The van der Waals surface area contributed by atoms with E-state index in [-0.39, 0.29) is 28.7 Å². The summed E-state index contributed by atoms with van der Waals surface area (Å²) in [6, 6.07) is 13.0. The number of carbonyl (C=O) groups is 2. The van der Waals surface area contributed by atoms with Gasteiger partial charge in [0, 0.05) is 35.9 Å². The molecule has 7 nitrogen and oxygen atoms in total. The van der Waals surface area contributed by atoms with E-state index >= 15 is 0 Å². The maximum absolute atomic E-state index is 13.0. The van der Waals surface area contributed by atoms with Crippen molar-refractivity contribution in [1.29, 1.82) is 0 Å². The van der Waals surface area contributed by atoms with Crippen LogP contribution in [0.3, 0.4) is 0 Å². The van der Waals surface area contributed by atoms with Crippen molar-refractivity contribution < 1.29 is 18.0 Å². The van der Waals surface area contributed by atoms with Crippen LogP contribution < -0.4 is 10.6 Å². The van der Waals surface area contributed by atoms with E-state index < -0.39 is 10.0 Å². The molecular weight excluding hydrogens is 426 g/mol. The summed E-state index contributed by atoms with van der Waals surface area (Å²) < 4.78 is 27.4. The van der Waals surface area contributed by atoms with Crippen molar-refractivity contribution in [3.05, 3.63) is 54.1 Å². The first kappa shape index (κ1) is 22.5. The van der Waals surface area contributed by atoms with Gasteiger partial charge in [0.2, 0.25) is 15.9 Å². The minimum Gasteiger partial charge on any atom is -0.326 e. The normalized spacial score (nSPS) is 17.2. The topological polar surface area (TPSA) is 95.6 Å². The first-order valence-electron chi connectivity index (χ1n) is 11.1. The van der Waals surface area contributed by atoms with Crippen molar-refractivity contribution in [2.75, 3.05) is 17.7 Å². The fourth-order valence-corrected chi connectivity index (χ4v) is 5.47. The van der Waals surface area contributed by atoms with Crippen molar-refractivity contribution >= 4 is 33.2 Å². The van der Waals surface area contributed by atoms with E-state index in [2.05, 4.69) is 10.6 Å². The van der Waals surface area contributed by atoms with Gasteiger partial charge in [0.15, 0.2) is 0 Å². The van der Waals surface area contributed by atoms with Crippen LogP contribution in [-0.4, -0.2) is 37.6 Å². The van der Waals surface area contributed by atoms with Crippen LogP contribution in [0.5, 0.6) is 0 Å². The third kappa shape index (κ3) is 5.19. The Hall–Kier alpha value is -2.71. The standard InChI is InChI=1S/C24H29N3O4S/c1-27(21-8-3-2-4-9-21)32(30,31)22-14-12-18(13-15-22)24(29)26-20-7-5-6-19(16-20)25-23(28)17-10-11-17/h5-7,12-17,21H,2-4,8-11H2,1H3,(H,25,28)(H,26,29). The molecule has 2 fully saturated rings. The molecule has 2 aromatic carbocycles. The van der Waals surface area contributed by atoms with Crippen LogP contribution in [0.15, 0.2) is 53.4 Å². The summed E-state index contributed by atoms with van der Waals surface area (Å²) >= 11 is 0. The Morgan fingerprint density at radius 2 is 1.50 bits per heavy atom. The van der Waals surface area contributed by atoms with Crippen LogP contribution in [0, 0.1) is 5.92 Å². The quantitative estimate of drug-likeness (QED) is 0.653. The summed E-state index contributed by atoms with van der Waals surface area (Å²) in [6.07, 6.45) is 6.87. The average molecular weight is 456 g/mol. The Bertz CT molecular complexity index is 1090. The number of hydrogen-bond donors (Lipinski definition) is 2. The molecule has 2 aliphatic carbocycles. The van der Waals surface area contributed by atoms with E-state index in [4.69, 9.17) is 0 Å². The lowest BCUT2D eigenvalue weighted by Gasteiger charge is -2.30. The molecule has 0 unspecified atom stereocenters. The molecule has 2 saturated carbocycles. The molecule has 0 aliphatic heterocycles. The van der Waals surface area contributed by atoms with Gasteiger partial charge < -0.3 is 10.6 Å². The molecule has 8 heteroatoms. The third-order valence-corrected chi connectivity index (χ3v) is 8.14. The number of rotatable bonds is 7. The van der Waals surface area contributed by atoms with E-state index in [9.17, 15) is 18.0 Å². The van der Waals surface area contributed by atoms with Gasteiger partial charge in [0.05, 0.1) is 4.90 Å². The summed E-state index contributed by atoms with van der Waals surface area (Å²) in [6.45, 7) is 0. The second kappa shape index (κ2) is 9.42. The number of hydrogen-bond acceptors (Lipinski definition) is 4. The molecular formula is C24H29N3O4S. The van der Waals surface area contributed by atoms with Crippen molar-refractivity contribution in [2.45, 2.75) is 55.9 Å². The Labute approximate surface area is 189 Å². The fraction of sp³-hybridized carbons (Fsp3) is 0.417. The van der Waals surface area contributed by atoms with Crippen LogP contribution in [0.4, 0.5) is 11.4 Å². The summed E-state index contributed by atoms with van der Waals surface area (Å²) in [5.41, 5.74) is 1.54. The van der Waals surface area contributed by atoms with Gasteiger partial charge in [0.25, 0.3) is 5.91 Å². The predicted octanol–water partition coefficient (Wildman–Crippen LogP) is 4.24. The zero-order chi connectivity index (χ0) is 22.7. The molecule has 0 spiro atoms. The largest absolute Gasteiger partial charge is 0.326 e. The van der Waals surface area contributed by atoms with Gasteiger partial charge in [-0.05, 0) is 68.1 Å². The predicted molar refractivity (Wildman–Crippen MR) is 124 cm³/mol. The number of amides is 2. The lowest BCUT2D eigenvalue weighted by molar-refractivity contribution is -0.117. The van der Waals surface area contributed by atoms with Crippen molar-refractivity contribution in [2.24, 2.45) is 5.92 Å². The van der Waals surface area contributed by atoms with E-state index in [1.807, 2.05) is 0 Å². The zero-order valence-corrected chi connectivity index (χ0v) is 19.0. The Kier molecular flexibility index (Phi) is 6.62. The first-order valence-corrected chi connectivity index (χ1v) is 12.6.